The highest BCUT2D eigenvalue weighted by molar-refractivity contribution is 6.30. The number of anilines is 1. The van der Waals surface area contributed by atoms with Crippen LogP contribution in [0, 0.1) is 5.82 Å². The van der Waals surface area contributed by atoms with Gasteiger partial charge in [-0.15, -0.1) is 0 Å². The Bertz CT molecular complexity index is 636. The van der Waals surface area contributed by atoms with E-state index in [0.717, 1.165) is 0 Å². The number of nitrogen functional groups attached to an aromatic ring is 1. The van der Waals surface area contributed by atoms with Gasteiger partial charge in [0.1, 0.15) is 11.5 Å². The van der Waals surface area contributed by atoms with Crippen LogP contribution in [0.25, 0.3) is 0 Å². The molecular formula is C13H12ClFN4O. The zero-order chi connectivity index (χ0) is 14.5. The van der Waals surface area contributed by atoms with Crippen molar-refractivity contribution in [2.45, 2.75) is 6.54 Å². The number of pyridine rings is 1. The van der Waals surface area contributed by atoms with Crippen LogP contribution in [0.15, 0.2) is 36.5 Å². The predicted octanol–water partition coefficient (Wildman–Crippen LogP) is 2.09. The van der Waals surface area contributed by atoms with Crippen molar-refractivity contribution < 1.29 is 9.18 Å². The second-order valence-electron chi connectivity index (χ2n) is 4.01. The molecule has 1 heterocycles. The maximum atomic E-state index is 13.0. The van der Waals surface area contributed by atoms with Gasteiger partial charge in [-0.1, -0.05) is 17.7 Å². The molecule has 0 aliphatic heterocycles. The Morgan fingerprint density at radius 3 is 2.85 bits per heavy atom. The van der Waals surface area contributed by atoms with Crippen LogP contribution in [0.2, 0.25) is 5.02 Å². The first kappa shape index (κ1) is 14.2. The van der Waals surface area contributed by atoms with Gasteiger partial charge >= 0.3 is 0 Å². The lowest BCUT2D eigenvalue weighted by atomic mass is 10.2. The van der Waals surface area contributed by atoms with Gasteiger partial charge in [-0.25, -0.2) is 4.39 Å². The Kier molecular flexibility index (Phi) is 4.49. The van der Waals surface area contributed by atoms with Gasteiger partial charge in [0.15, 0.2) is 0 Å². The number of aromatic nitrogens is 1. The smallest absolute Gasteiger partial charge is 0.270 e. The molecule has 0 saturated heterocycles. The maximum Gasteiger partial charge on any atom is 0.270 e. The summed E-state index contributed by atoms with van der Waals surface area (Å²) in [7, 11) is 0. The molecule has 20 heavy (non-hydrogen) atoms. The number of carbonyl (C=O) groups is 1. The number of hydrogen-bond acceptors (Lipinski definition) is 4. The Hall–Kier alpha value is -2.18. The summed E-state index contributed by atoms with van der Waals surface area (Å²) in [5, 5.41) is 2.68. The molecule has 0 spiro atoms. The van der Waals surface area contributed by atoms with Gasteiger partial charge in [0.05, 0.1) is 10.7 Å². The fraction of sp³-hybridized carbons (Fsp3) is 0.0769. The van der Waals surface area contributed by atoms with Crippen molar-refractivity contribution in [1.29, 1.82) is 0 Å². The SMILES string of the molecule is NNc1ccnc(C(=O)NCc2ccc(F)c(Cl)c2)c1. The number of hydrazine groups is 1. The Morgan fingerprint density at radius 1 is 1.35 bits per heavy atom. The average Bonchev–Trinajstić information content (AvgIpc) is 2.48. The molecule has 1 aromatic heterocycles. The molecule has 0 aliphatic rings. The summed E-state index contributed by atoms with van der Waals surface area (Å²) in [4.78, 5) is 15.8. The van der Waals surface area contributed by atoms with Crippen molar-refractivity contribution in [3.63, 3.8) is 0 Å². The minimum Gasteiger partial charge on any atom is -0.347 e. The Morgan fingerprint density at radius 2 is 2.15 bits per heavy atom. The van der Waals surface area contributed by atoms with E-state index >= 15 is 0 Å². The van der Waals surface area contributed by atoms with Gasteiger partial charge in [-0.05, 0) is 29.8 Å². The number of hydrogen-bond donors (Lipinski definition) is 3. The van der Waals surface area contributed by atoms with E-state index in [-0.39, 0.29) is 23.2 Å². The summed E-state index contributed by atoms with van der Waals surface area (Å²) in [6.07, 6.45) is 1.47. The monoisotopic (exact) mass is 294 g/mol. The van der Waals surface area contributed by atoms with Gasteiger partial charge in [-0.3, -0.25) is 15.6 Å². The van der Waals surface area contributed by atoms with Crippen molar-refractivity contribution in [3.05, 3.63) is 58.6 Å². The Labute approximate surface area is 119 Å². The third kappa shape index (κ3) is 3.43. The summed E-state index contributed by atoms with van der Waals surface area (Å²) in [5.41, 5.74) is 3.93. The molecule has 5 nitrogen and oxygen atoms in total. The lowest BCUT2D eigenvalue weighted by Gasteiger charge is -2.07. The van der Waals surface area contributed by atoms with Crippen molar-refractivity contribution in [1.82, 2.24) is 10.3 Å². The number of halogens is 2. The van der Waals surface area contributed by atoms with Crippen molar-refractivity contribution in [3.8, 4) is 0 Å². The number of amides is 1. The van der Waals surface area contributed by atoms with Crippen LogP contribution in [-0.2, 0) is 6.54 Å². The highest BCUT2D eigenvalue weighted by Crippen LogP contribution is 2.16. The highest BCUT2D eigenvalue weighted by atomic mass is 35.5. The molecule has 2 rings (SSSR count). The van der Waals surface area contributed by atoms with Gasteiger partial charge < -0.3 is 10.7 Å². The van der Waals surface area contributed by atoms with E-state index in [9.17, 15) is 9.18 Å². The summed E-state index contributed by atoms with van der Waals surface area (Å²) in [6.45, 7) is 0.223. The van der Waals surface area contributed by atoms with E-state index in [4.69, 9.17) is 17.4 Å². The van der Waals surface area contributed by atoms with Gasteiger partial charge in [0.2, 0.25) is 0 Å². The van der Waals surface area contributed by atoms with Crippen LogP contribution in [-0.4, -0.2) is 10.9 Å². The number of nitrogens with zero attached hydrogens (tertiary/aromatic N) is 1. The fourth-order valence-electron chi connectivity index (χ4n) is 1.57. The van der Waals surface area contributed by atoms with E-state index < -0.39 is 5.82 Å². The average molecular weight is 295 g/mol. The highest BCUT2D eigenvalue weighted by Gasteiger charge is 2.08. The second kappa shape index (κ2) is 6.31. The fourth-order valence-corrected chi connectivity index (χ4v) is 1.77. The van der Waals surface area contributed by atoms with E-state index in [0.29, 0.717) is 11.3 Å². The molecule has 104 valence electrons. The number of nitrogens with one attached hydrogen (secondary N) is 2. The van der Waals surface area contributed by atoms with Crippen LogP contribution in [0.3, 0.4) is 0 Å². The number of nitrogens with two attached hydrogens (primary N) is 1. The number of carbonyl (C=O) groups excluding carboxylic acids is 1. The number of rotatable bonds is 4. The first-order valence-corrected chi connectivity index (χ1v) is 6.13. The van der Waals surface area contributed by atoms with E-state index in [1.807, 2.05) is 0 Å². The molecule has 0 radical (unpaired) electrons. The molecule has 0 atom stereocenters. The predicted molar refractivity (Wildman–Crippen MR) is 74.6 cm³/mol. The second-order valence-corrected chi connectivity index (χ2v) is 4.41. The lowest BCUT2D eigenvalue weighted by Crippen LogP contribution is -2.24. The van der Waals surface area contributed by atoms with E-state index in [1.54, 1.807) is 12.1 Å². The van der Waals surface area contributed by atoms with E-state index in [1.165, 1.54) is 24.4 Å². The van der Waals surface area contributed by atoms with Gasteiger partial charge in [0.25, 0.3) is 5.91 Å². The molecule has 0 fully saturated rings. The number of benzene rings is 1. The molecule has 0 unspecified atom stereocenters. The van der Waals surface area contributed by atoms with Gasteiger partial charge in [-0.2, -0.15) is 0 Å². The van der Waals surface area contributed by atoms with Crippen LogP contribution in [0.5, 0.6) is 0 Å². The van der Waals surface area contributed by atoms with E-state index in [2.05, 4.69) is 15.7 Å². The zero-order valence-electron chi connectivity index (χ0n) is 10.4. The topological polar surface area (TPSA) is 80.0 Å². The largest absolute Gasteiger partial charge is 0.347 e. The molecule has 7 heteroatoms. The summed E-state index contributed by atoms with van der Waals surface area (Å²) in [6, 6.07) is 7.42. The summed E-state index contributed by atoms with van der Waals surface area (Å²) in [5.74, 6) is 4.40. The Balaban J connectivity index is 2.02. The van der Waals surface area contributed by atoms with Crippen LogP contribution >= 0.6 is 11.6 Å². The third-order valence-corrected chi connectivity index (χ3v) is 2.89. The molecular weight excluding hydrogens is 283 g/mol. The standard InChI is InChI=1S/C13H12ClFN4O/c14-10-5-8(1-2-11(10)15)7-18-13(20)12-6-9(19-16)3-4-17-12/h1-6H,7,16H2,(H,17,19)(H,18,20). The molecule has 0 bridgehead atoms. The van der Waals surface area contributed by atoms with Gasteiger partial charge in [0, 0.05) is 12.7 Å². The minimum atomic E-state index is -0.495. The first-order chi connectivity index (χ1) is 9.60. The third-order valence-electron chi connectivity index (χ3n) is 2.60. The molecule has 0 aliphatic carbocycles. The lowest BCUT2D eigenvalue weighted by molar-refractivity contribution is 0.0946. The minimum absolute atomic E-state index is 0.0178. The first-order valence-electron chi connectivity index (χ1n) is 5.75. The molecule has 1 amide bonds. The molecule has 0 saturated carbocycles. The summed E-state index contributed by atoms with van der Waals surface area (Å²) < 4.78 is 13.0. The van der Waals surface area contributed by atoms with Crippen molar-refractivity contribution in [2.75, 3.05) is 5.43 Å². The van der Waals surface area contributed by atoms with Crippen LogP contribution in [0.4, 0.5) is 10.1 Å². The molecule has 4 N–H and O–H groups in total. The quantitative estimate of drug-likeness (QED) is 0.596. The van der Waals surface area contributed by atoms with Crippen LogP contribution < -0.4 is 16.6 Å². The molecule has 2 aromatic rings. The maximum absolute atomic E-state index is 13.0. The molecule has 1 aromatic carbocycles. The van der Waals surface area contributed by atoms with Crippen LogP contribution in [0.1, 0.15) is 16.1 Å². The zero-order valence-corrected chi connectivity index (χ0v) is 11.1. The van der Waals surface area contributed by atoms with Crippen molar-refractivity contribution >= 4 is 23.2 Å². The summed E-state index contributed by atoms with van der Waals surface area (Å²) >= 11 is 5.66. The van der Waals surface area contributed by atoms with Crippen molar-refractivity contribution in [2.24, 2.45) is 5.84 Å². The normalized spacial score (nSPS) is 10.2.